The van der Waals surface area contributed by atoms with Crippen molar-refractivity contribution in [3.8, 4) is 10.6 Å². The molecule has 0 spiro atoms. The summed E-state index contributed by atoms with van der Waals surface area (Å²) in [6.07, 6.45) is 1.52. The Bertz CT molecular complexity index is 681. The Morgan fingerprint density at radius 3 is 3.10 bits per heavy atom. The Labute approximate surface area is 134 Å². The maximum atomic E-state index is 14.0. The van der Waals surface area contributed by atoms with Crippen molar-refractivity contribution in [3.05, 3.63) is 39.1 Å². The molecular formula is C15H13BrFNO2S. The highest BCUT2D eigenvalue weighted by atomic mass is 79.9. The summed E-state index contributed by atoms with van der Waals surface area (Å²) in [6, 6.07) is 4.84. The minimum atomic E-state index is -0.315. The van der Waals surface area contributed by atoms with Gasteiger partial charge in [-0.2, -0.15) is 0 Å². The van der Waals surface area contributed by atoms with Gasteiger partial charge in [-0.25, -0.2) is 9.37 Å². The van der Waals surface area contributed by atoms with E-state index in [1.54, 1.807) is 19.1 Å². The summed E-state index contributed by atoms with van der Waals surface area (Å²) in [6.45, 7) is 2.15. The maximum Gasteiger partial charge on any atom is 0.315 e. The van der Waals surface area contributed by atoms with Gasteiger partial charge < -0.3 is 4.74 Å². The van der Waals surface area contributed by atoms with Gasteiger partial charge >= 0.3 is 5.97 Å². The molecule has 2 aromatic rings. The van der Waals surface area contributed by atoms with Crippen LogP contribution in [0, 0.1) is 5.82 Å². The summed E-state index contributed by atoms with van der Waals surface area (Å²) in [4.78, 5) is 17.5. The average Bonchev–Trinajstić information content (AvgIpc) is 2.98. The average molecular weight is 370 g/mol. The van der Waals surface area contributed by atoms with Crippen LogP contribution in [0.15, 0.2) is 22.7 Å². The van der Waals surface area contributed by atoms with Crippen LogP contribution in [0.2, 0.25) is 0 Å². The lowest BCUT2D eigenvalue weighted by Gasteiger charge is -2.08. The van der Waals surface area contributed by atoms with Crippen LogP contribution in [-0.4, -0.2) is 17.6 Å². The standard InChI is InChI=1S/C15H13BrFNO2S/c1-2-20-15(19)8-6-7-11-13(8)18-14(21-11)12-9(16)4-3-5-10(12)17/h3-5,8H,2,6-7H2,1H3. The molecule has 110 valence electrons. The molecule has 0 fully saturated rings. The van der Waals surface area contributed by atoms with E-state index in [4.69, 9.17) is 4.74 Å². The number of hydrogen-bond donors (Lipinski definition) is 0. The Morgan fingerprint density at radius 2 is 2.38 bits per heavy atom. The number of carbonyl (C=O) groups is 1. The molecule has 0 bridgehead atoms. The van der Waals surface area contributed by atoms with Gasteiger partial charge in [0.15, 0.2) is 0 Å². The van der Waals surface area contributed by atoms with E-state index in [2.05, 4.69) is 20.9 Å². The Kier molecular flexibility index (Phi) is 4.08. The van der Waals surface area contributed by atoms with Gasteiger partial charge in [-0.05, 0) is 47.8 Å². The van der Waals surface area contributed by atoms with Gasteiger partial charge in [0.2, 0.25) is 0 Å². The van der Waals surface area contributed by atoms with E-state index in [1.807, 2.05) is 0 Å². The second kappa shape index (κ2) is 5.85. The molecule has 1 unspecified atom stereocenters. The highest BCUT2D eigenvalue weighted by Crippen LogP contribution is 2.42. The van der Waals surface area contributed by atoms with Crippen molar-refractivity contribution in [1.82, 2.24) is 4.98 Å². The molecule has 1 aliphatic rings. The van der Waals surface area contributed by atoms with Crippen molar-refractivity contribution in [2.75, 3.05) is 6.61 Å². The van der Waals surface area contributed by atoms with Crippen LogP contribution in [0.1, 0.15) is 29.8 Å². The summed E-state index contributed by atoms with van der Waals surface area (Å²) >= 11 is 4.82. The zero-order chi connectivity index (χ0) is 15.0. The number of ether oxygens (including phenoxy) is 1. The number of rotatable bonds is 3. The zero-order valence-electron chi connectivity index (χ0n) is 11.4. The van der Waals surface area contributed by atoms with Crippen molar-refractivity contribution < 1.29 is 13.9 Å². The van der Waals surface area contributed by atoms with E-state index >= 15 is 0 Å². The van der Waals surface area contributed by atoms with E-state index in [-0.39, 0.29) is 17.7 Å². The molecule has 3 rings (SSSR count). The molecule has 6 heteroatoms. The topological polar surface area (TPSA) is 39.2 Å². The molecule has 1 aliphatic carbocycles. The first-order valence-corrected chi connectivity index (χ1v) is 8.33. The molecule has 0 saturated heterocycles. The second-order valence-corrected chi connectivity index (χ2v) is 6.71. The summed E-state index contributed by atoms with van der Waals surface area (Å²) in [5.41, 5.74) is 1.21. The summed E-state index contributed by atoms with van der Waals surface area (Å²) in [5, 5.41) is 0.610. The largest absolute Gasteiger partial charge is 0.465 e. The number of esters is 1. The van der Waals surface area contributed by atoms with Gasteiger partial charge in [0, 0.05) is 9.35 Å². The molecule has 0 N–H and O–H groups in total. The summed E-state index contributed by atoms with van der Waals surface area (Å²) in [7, 11) is 0. The molecule has 0 saturated carbocycles. The highest BCUT2D eigenvalue weighted by molar-refractivity contribution is 9.10. The maximum absolute atomic E-state index is 14.0. The SMILES string of the molecule is CCOC(=O)C1CCc2sc(-c3c(F)cccc3Br)nc21. The Hall–Kier alpha value is -1.27. The van der Waals surface area contributed by atoms with E-state index in [1.165, 1.54) is 17.4 Å². The zero-order valence-corrected chi connectivity index (χ0v) is 13.8. The van der Waals surface area contributed by atoms with Gasteiger partial charge in [-0.15, -0.1) is 11.3 Å². The molecule has 0 aliphatic heterocycles. The molecule has 0 amide bonds. The normalized spacial score (nSPS) is 16.8. The third-order valence-electron chi connectivity index (χ3n) is 3.47. The van der Waals surface area contributed by atoms with Gasteiger partial charge in [0.1, 0.15) is 16.7 Å². The molecule has 1 heterocycles. The first kappa shape index (κ1) is 14.7. The van der Waals surface area contributed by atoms with Crippen molar-refractivity contribution in [2.24, 2.45) is 0 Å². The third-order valence-corrected chi connectivity index (χ3v) is 5.27. The molecule has 1 atom stereocenters. The van der Waals surface area contributed by atoms with Gasteiger partial charge in [0.05, 0.1) is 17.9 Å². The lowest BCUT2D eigenvalue weighted by atomic mass is 10.1. The van der Waals surface area contributed by atoms with Crippen LogP contribution in [0.5, 0.6) is 0 Å². The van der Waals surface area contributed by atoms with E-state index in [0.717, 1.165) is 23.4 Å². The van der Waals surface area contributed by atoms with Crippen LogP contribution in [-0.2, 0) is 16.0 Å². The predicted molar refractivity (Wildman–Crippen MR) is 82.9 cm³/mol. The number of carbonyl (C=O) groups excluding carboxylic acids is 1. The molecule has 1 aromatic heterocycles. The monoisotopic (exact) mass is 369 g/mol. The van der Waals surface area contributed by atoms with Crippen LogP contribution in [0.3, 0.4) is 0 Å². The third kappa shape index (κ3) is 2.62. The fourth-order valence-corrected chi connectivity index (χ4v) is 4.37. The fourth-order valence-electron chi connectivity index (χ4n) is 2.51. The van der Waals surface area contributed by atoms with Crippen molar-refractivity contribution in [3.63, 3.8) is 0 Å². The summed E-state index contributed by atoms with van der Waals surface area (Å²) < 4.78 is 19.8. The summed E-state index contributed by atoms with van der Waals surface area (Å²) in [5.74, 6) is -0.860. The predicted octanol–water partition coefficient (Wildman–Crippen LogP) is 4.30. The minimum absolute atomic E-state index is 0.235. The fraction of sp³-hybridized carbons (Fsp3) is 0.333. The second-order valence-electron chi connectivity index (χ2n) is 4.77. The van der Waals surface area contributed by atoms with Crippen LogP contribution < -0.4 is 0 Å². The van der Waals surface area contributed by atoms with Crippen LogP contribution >= 0.6 is 27.3 Å². The van der Waals surface area contributed by atoms with Crippen LogP contribution in [0.25, 0.3) is 10.6 Å². The number of aryl methyl sites for hydroxylation is 1. The van der Waals surface area contributed by atoms with E-state index in [0.29, 0.717) is 21.7 Å². The molecule has 21 heavy (non-hydrogen) atoms. The van der Waals surface area contributed by atoms with Gasteiger partial charge in [-0.3, -0.25) is 4.79 Å². The molecule has 1 aromatic carbocycles. The molecule has 3 nitrogen and oxygen atoms in total. The molecule has 0 radical (unpaired) electrons. The van der Waals surface area contributed by atoms with Crippen molar-refractivity contribution in [2.45, 2.75) is 25.7 Å². The van der Waals surface area contributed by atoms with Gasteiger partial charge in [0.25, 0.3) is 0 Å². The Balaban J connectivity index is 1.99. The molecular weight excluding hydrogens is 357 g/mol. The number of halogens is 2. The lowest BCUT2D eigenvalue weighted by molar-refractivity contribution is -0.145. The smallest absolute Gasteiger partial charge is 0.315 e. The van der Waals surface area contributed by atoms with Crippen molar-refractivity contribution >= 4 is 33.2 Å². The van der Waals surface area contributed by atoms with Gasteiger partial charge in [-0.1, -0.05) is 6.07 Å². The Morgan fingerprint density at radius 1 is 1.57 bits per heavy atom. The lowest BCUT2D eigenvalue weighted by Crippen LogP contribution is -2.14. The number of benzene rings is 1. The van der Waals surface area contributed by atoms with Crippen molar-refractivity contribution in [1.29, 1.82) is 0 Å². The van der Waals surface area contributed by atoms with E-state index in [9.17, 15) is 9.18 Å². The number of fused-ring (bicyclic) bond motifs is 1. The first-order valence-electron chi connectivity index (χ1n) is 6.72. The quantitative estimate of drug-likeness (QED) is 0.756. The highest BCUT2D eigenvalue weighted by Gasteiger charge is 2.34. The first-order chi connectivity index (χ1) is 10.1. The number of nitrogens with zero attached hydrogens (tertiary/aromatic N) is 1. The van der Waals surface area contributed by atoms with Crippen LogP contribution in [0.4, 0.5) is 4.39 Å². The minimum Gasteiger partial charge on any atom is -0.465 e. The number of hydrogen-bond acceptors (Lipinski definition) is 4. The van der Waals surface area contributed by atoms with E-state index < -0.39 is 0 Å². The number of thiazole rings is 1. The number of aromatic nitrogens is 1.